The van der Waals surface area contributed by atoms with Crippen molar-refractivity contribution >= 4 is 5.91 Å². The van der Waals surface area contributed by atoms with Gasteiger partial charge in [-0.3, -0.25) is 4.79 Å². The van der Waals surface area contributed by atoms with E-state index in [-0.39, 0.29) is 0 Å². The summed E-state index contributed by atoms with van der Waals surface area (Å²) in [5.41, 5.74) is 5.97. The van der Waals surface area contributed by atoms with Gasteiger partial charge in [-0.05, 0) is 44.1 Å². The molecule has 18 heavy (non-hydrogen) atoms. The first-order valence-electron chi connectivity index (χ1n) is 7.74. The van der Waals surface area contributed by atoms with Crippen LogP contribution in [0, 0.1) is 5.41 Å². The second-order valence-electron chi connectivity index (χ2n) is 6.23. The van der Waals surface area contributed by atoms with E-state index in [1.54, 1.807) is 0 Å². The summed E-state index contributed by atoms with van der Waals surface area (Å²) in [4.78, 5) is 14.3. The summed E-state index contributed by atoms with van der Waals surface area (Å²) in [6.45, 7) is 2.81. The van der Waals surface area contributed by atoms with Gasteiger partial charge in [-0.1, -0.05) is 25.7 Å². The molecule has 1 aliphatic heterocycles. The van der Waals surface area contributed by atoms with Crippen molar-refractivity contribution in [2.45, 2.75) is 64.2 Å². The van der Waals surface area contributed by atoms with Crippen molar-refractivity contribution in [3.8, 4) is 0 Å². The minimum Gasteiger partial charge on any atom is -0.342 e. The molecule has 1 spiro atoms. The van der Waals surface area contributed by atoms with Gasteiger partial charge in [-0.25, -0.2) is 0 Å². The first-order valence-corrected chi connectivity index (χ1v) is 7.74. The molecule has 2 N–H and O–H groups in total. The van der Waals surface area contributed by atoms with Crippen molar-refractivity contribution in [2.24, 2.45) is 11.1 Å². The lowest BCUT2D eigenvalue weighted by Crippen LogP contribution is -2.33. The molecule has 2 aliphatic rings. The zero-order valence-electron chi connectivity index (χ0n) is 11.6. The Bertz CT molecular complexity index is 272. The molecule has 0 aromatic heterocycles. The lowest BCUT2D eigenvalue weighted by molar-refractivity contribution is -0.130. The van der Waals surface area contributed by atoms with Crippen LogP contribution < -0.4 is 5.73 Å². The number of unbranched alkanes of at least 4 members (excludes halogenated alkanes) is 2. The normalized spacial score (nSPS) is 22.6. The highest BCUT2D eigenvalue weighted by atomic mass is 16.2. The lowest BCUT2D eigenvalue weighted by Gasteiger charge is -2.33. The topological polar surface area (TPSA) is 46.3 Å². The van der Waals surface area contributed by atoms with Crippen LogP contribution in [-0.4, -0.2) is 30.4 Å². The van der Waals surface area contributed by atoms with E-state index in [9.17, 15) is 4.79 Å². The second-order valence-corrected chi connectivity index (χ2v) is 6.23. The van der Waals surface area contributed by atoms with Crippen LogP contribution in [0.1, 0.15) is 64.2 Å². The molecule has 1 heterocycles. The molecule has 1 saturated heterocycles. The van der Waals surface area contributed by atoms with Crippen molar-refractivity contribution in [1.82, 2.24) is 4.90 Å². The molecule has 1 aliphatic carbocycles. The van der Waals surface area contributed by atoms with Gasteiger partial charge >= 0.3 is 0 Å². The standard InChI is InChI=1S/C15H28N2O/c16-11-6-1-3-7-14(18)17-12-10-15(13-17)8-4-2-5-9-15/h1-13,16H2. The van der Waals surface area contributed by atoms with E-state index in [0.717, 1.165) is 45.3 Å². The fraction of sp³-hybridized carbons (Fsp3) is 0.933. The highest BCUT2D eigenvalue weighted by Gasteiger charge is 2.39. The van der Waals surface area contributed by atoms with Crippen LogP contribution in [0.3, 0.4) is 0 Å². The zero-order chi connectivity index (χ0) is 12.8. The van der Waals surface area contributed by atoms with Crippen molar-refractivity contribution in [3.63, 3.8) is 0 Å². The first-order chi connectivity index (χ1) is 8.76. The molecule has 0 radical (unpaired) electrons. The minimum absolute atomic E-state index is 0.384. The monoisotopic (exact) mass is 252 g/mol. The number of rotatable bonds is 5. The van der Waals surface area contributed by atoms with E-state index in [2.05, 4.69) is 4.90 Å². The number of nitrogens with two attached hydrogens (primary N) is 1. The van der Waals surface area contributed by atoms with Crippen LogP contribution in [0.5, 0.6) is 0 Å². The van der Waals surface area contributed by atoms with Crippen molar-refractivity contribution < 1.29 is 4.79 Å². The third-order valence-electron chi connectivity index (χ3n) is 4.80. The SMILES string of the molecule is NCCCCCC(=O)N1CCC2(CCCCC2)C1. The quantitative estimate of drug-likeness (QED) is 0.765. The predicted octanol–water partition coefficient (Wildman–Crippen LogP) is 2.69. The maximum Gasteiger partial charge on any atom is 0.222 e. The fourth-order valence-corrected chi connectivity index (χ4v) is 3.61. The molecule has 2 fully saturated rings. The van der Waals surface area contributed by atoms with Gasteiger partial charge in [0, 0.05) is 19.5 Å². The Kier molecular flexibility index (Phi) is 5.04. The summed E-state index contributed by atoms with van der Waals surface area (Å²) in [6, 6.07) is 0. The van der Waals surface area contributed by atoms with Gasteiger partial charge in [0.2, 0.25) is 5.91 Å². The number of hydrogen-bond acceptors (Lipinski definition) is 2. The van der Waals surface area contributed by atoms with E-state index < -0.39 is 0 Å². The van der Waals surface area contributed by atoms with E-state index in [1.165, 1.54) is 38.5 Å². The van der Waals surface area contributed by atoms with Gasteiger partial charge in [0.25, 0.3) is 0 Å². The van der Waals surface area contributed by atoms with Crippen LogP contribution in [0.15, 0.2) is 0 Å². The first kappa shape index (κ1) is 13.9. The Morgan fingerprint density at radius 1 is 1.06 bits per heavy atom. The Labute approximate surface area is 111 Å². The molecule has 0 unspecified atom stereocenters. The predicted molar refractivity (Wildman–Crippen MR) is 74.2 cm³/mol. The van der Waals surface area contributed by atoms with Gasteiger partial charge in [-0.15, -0.1) is 0 Å². The number of nitrogens with zero attached hydrogens (tertiary/aromatic N) is 1. The summed E-state index contributed by atoms with van der Waals surface area (Å²) < 4.78 is 0. The fourth-order valence-electron chi connectivity index (χ4n) is 3.61. The van der Waals surface area contributed by atoms with Gasteiger partial charge < -0.3 is 10.6 Å². The highest BCUT2D eigenvalue weighted by molar-refractivity contribution is 5.76. The van der Waals surface area contributed by atoms with Crippen molar-refractivity contribution in [1.29, 1.82) is 0 Å². The molecular weight excluding hydrogens is 224 g/mol. The van der Waals surface area contributed by atoms with Crippen LogP contribution in [-0.2, 0) is 4.79 Å². The number of amides is 1. The summed E-state index contributed by atoms with van der Waals surface area (Å²) in [6.07, 6.45) is 12.0. The summed E-state index contributed by atoms with van der Waals surface area (Å²) in [7, 11) is 0. The molecule has 0 aromatic rings. The Morgan fingerprint density at radius 2 is 1.83 bits per heavy atom. The van der Waals surface area contributed by atoms with Gasteiger partial charge in [0.05, 0.1) is 0 Å². The maximum absolute atomic E-state index is 12.1. The molecule has 2 rings (SSSR count). The van der Waals surface area contributed by atoms with E-state index in [1.807, 2.05) is 0 Å². The van der Waals surface area contributed by atoms with E-state index in [4.69, 9.17) is 5.73 Å². The highest BCUT2D eigenvalue weighted by Crippen LogP contribution is 2.43. The largest absolute Gasteiger partial charge is 0.342 e. The van der Waals surface area contributed by atoms with Crippen LogP contribution in [0.25, 0.3) is 0 Å². The average molecular weight is 252 g/mol. The third kappa shape index (κ3) is 3.47. The molecule has 0 bridgehead atoms. The van der Waals surface area contributed by atoms with E-state index >= 15 is 0 Å². The molecular formula is C15H28N2O. The average Bonchev–Trinajstić information content (AvgIpc) is 2.79. The molecule has 104 valence electrons. The maximum atomic E-state index is 12.1. The van der Waals surface area contributed by atoms with Crippen LogP contribution in [0.2, 0.25) is 0 Å². The molecule has 0 aromatic carbocycles. The van der Waals surface area contributed by atoms with Crippen LogP contribution in [0.4, 0.5) is 0 Å². The van der Waals surface area contributed by atoms with Crippen LogP contribution >= 0.6 is 0 Å². The van der Waals surface area contributed by atoms with Gasteiger partial charge in [0.15, 0.2) is 0 Å². The molecule has 1 saturated carbocycles. The summed E-state index contributed by atoms with van der Waals surface area (Å²) in [5.74, 6) is 0.384. The molecule has 3 nitrogen and oxygen atoms in total. The smallest absolute Gasteiger partial charge is 0.222 e. The number of carbonyl (C=O) groups is 1. The Morgan fingerprint density at radius 3 is 2.56 bits per heavy atom. The van der Waals surface area contributed by atoms with Crippen molar-refractivity contribution in [2.75, 3.05) is 19.6 Å². The number of likely N-dealkylation sites (tertiary alicyclic amines) is 1. The lowest BCUT2D eigenvalue weighted by atomic mass is 9.73. The minimum atomic E-state index is 0.384. The molecule has 3 heteroatoms. The second kappa shape index (κ2) is 6.55. The Hall–Kier alpha value is -0.570. The summed E-state index contributed by atoms with van der Waals surface area (Å²) >= 11 is 0. The third-order valence-corrected chi connectivity index (χ3v) is 4.80. The molecule has 0 atom stereocenters. The van der Waals surface area contributed by atoms with E-state index in [0.29, 0.717) is 11.3 Å². The summed E-state index contributed by atoms with van der Waals surface area (Å²) in [5, 5.41) is 0. The number of carbonyl (C=O) groups excluding carboxylic acids is 1. The van der Waals surface area contributed by atoms with Gasteiger partial charge in [-0.2, -0.15) is 0 Å². The molecule has 1 amide bonds. The van der Waals surface area contributed by atoms with Crippen molar-refractivity contribution in [3.05, 3.63) is 0 Å². The Balaban J connectivity index is 1.72. The zero-order valence-corrected chi connectivity index (χ0v) is 11.6. The van der Waals surface area contributed by atoms with Gasteiger partial charge in [0.1, 0.15) is 0 Å². The number of hydrogen-bond donors (Lipinski definition) is 1.